The number of amides is 1. The summed E-state index contributed by atoms with van der Waals surface area (Å²) in [5.74, 6) is 1.19. The average molecular weight is 542 g/mol. The molecule has 2 atom stereocenters. The summed E-state index contributed by atoms with van der Waals surface area (Å²) in [5.41, 5.74) is 12.7. The van der Waals surface area contributed by atoms with Crippen LogP contribution in [0.25, 0.3) is 39.5 Å². The van der Waals surface area contributed by atoms with E-state index >= 15 is 0 Å². The van der Waals surface area contributed by atoms with Gasteiger partial charge in [0.05, 0.1) is 11.3 Å². The molecule has 0 spiro atoms. The molecule has 2 saturated heterocycles. The Bertz CT molecular complexity index is 1730. The van der Waals surface area contributed by atoms with Crippen LogP contribution in [0.1, 0.15) is 18.4 Å². The Hall–Kier alpha value is -4.82. The predicted octanol–water partition coefficient (Wildman–Crippen LogP) is 5.09. The molecule has 2 unspecified atom stereocenters. The van der Waals surface area contributed by atoms with Gasteiger partial charge in [-0.1, -0.05) is 49.0 Å². The van der Waals surface area contributed by atoms with E-state index < -0.39 is 0 Å². The Morgan fingerprint density at radius 3 is 2.39 bits per heavy atom. The molecule has 5 aromatic rings. The molecule has 2 aromatic carbocycles. The van der Waals surface area contributed by atoms with Crippen molar-refractivity contribution in [3.05, 3.63) is 103 Å². The monoisotopic (exact) mass is 541 g/mol. The molecule has 5 heterocycles. The number of anilines is 1. The van der Waals surface area contributed by atoms with E-state index in [-0.39, 0.29) is 18.0 Å². The van der Waals surface area contributed by atoms with Gasteiger partial charge in [0.15, 0.2) is 11.5 Å². The lowest BCUT2D eigenvalue weighted by atomic mass is 10.1. The molecule has 204 valence electrons. The minimum absolute atomic E-state index is 0.0585. The molecule has 2 fully saturated rings. The van der Waals surface area contributed by atoms with Crippen LogP contribution >= 0.6 is 0 Å². The molecule has 1 amide bonds. The molecule has 8 heteroatoms. The number of imidazole rings is 1. The molecule has 7 rings (SSSR count). The highest BCUT2D eigenvalue weighted by atomic mass is 16.2. The largest absolute Gasteiger partial charge is 0.383 e. The molecule has 2 N–H and O–H groups in total. The second-order valence-corrected chi connectivity index (χ2v) is 10.8. The lowest BCUT2D eigenvalue weighted by Gasteiger charge is -2.40. The van der Waals surface area contributed by atoms with Crippen molar-refractivity contribution in [1.29, 1.82) is 0 Å². The topological polar surface area (TPSA) is 93.2 Å². The van der Waals surface area contributed by atoms with Crippen LogP contribution in [-0.4, -0.2) is 60.4 Å². The highest BCUT2D eigenvalue weighted by Crippen LogP contribution is 2.33. The number of piperazine rings is 1. The first kappa shape index (κ1) is 25.2. The molecule has 41 heavy (non-hydrogen) atoms. The molecule has 2 bridgehead atoms. The number of likely N-dealkylation sites (tertiary alicyclic amines) is 1. The zero-order chi connectivity index (χ0) is 27.9. The first-order chi connectivity index (χ1) is 20.1. The number of fused-ring (bicyclic) bond motifs is 3. The minimum atomic E-state index is 0.0585. The normalized spacial score (nSPS) is 18.6. The van der Waals surface area contributed by atoms with Gasteiger partial charge in [-0.15, -0.1) is 0 Å². The van der Waals surface area contributed by atoms with E-state index in [1.54, 1.807) is 6.20 Å². The lowest BCUT2D eigenvalue weighted by Crippen LogP contribution is -2.55. The van der Waals surface area contributed by atoms with E-state index in [1.807, 2.05) is 47.4 Å². The number of hydrogen-bond donors (Lipinski definition) is 1. The van der Waals surface area contributed by atoms with Crippen molar-refractivity contribution in [1.82, 2.24) is 29.3 Å². The molecule has 8 nitrogen and oxygen atoms in total. The van der Waals surface area contributed by atoms with Gasteiger partial charge in [0.1, 0.15) is 11.3 Å². The zero-order valence-corrected chi connectivity index (χ0v) is 22.7. The predicted molar refractivity (Wildman–Crippen MR) is 161 cm³/mol. The molecular formula is C33H31N7O. The maximum absolute atomic E-state index is 12.4. The fourth-order valence-corrected chi connectivity index (χ4v) is 6.35. The number of nitrogens with zero attached hydrogens (tertiary/aromatic N) is 6. The van der Waals surface area contributed by atoms with Gasteiger partial charge in [-0.25, -0.2) is 15.0 Å². The van der Waals surface area contributed by atoms with Crippen molar-refractivity contribution in [2.24, 2.45) is 0 Å². The van der Waals surface area contributed by atoms with Crippen LogP contribution in [0.15, 0.2) is 97.7 Å². The number of carbonyl (C=O) groups is 1. The van der Waals surface area contributed by atoms with E-state index in [0.29, 0.717) is 11.6 Å². The summed E-state index contributed by atoms with van der Waals surface area (Å²) < 4.78 is 2.07. The maximum atomic E-state index is 12.4. The Balaban J connectivity index is 1.23. The quantitative estimate of drug-likeness (QED) is 0.301. The van der Waals surface area contributed by atoms with Gasteiger partial charge in [-0.3, -0.25) is 14.3 Å². The number of pyridine rings is 2. The number of benzene rings is 2. The van der Waals surface area contributed by atoms with Crippen molar-refractivity contribution < 1.29 is 4.79 Å². The number of hydrogen-bond acceptors (Lipinski definition) is 6. The van der Waals surface area contributed by atoms with E-state index in [4.69, 9.17) is 15.7 Å². The summed E-state index contributed by atoms with van der Waals surface area (Å²) in [5, 5.41) is 0. The highest BCUT2D eigenvalue weighted by molar-refractivity contribution is 5.88. The smallest absolute Gasteiger partial charge is 0.246 e. The van der Waals surface area contributed by atoms with Gasteiger partial charge in [0.25, 0.3) is 0 Å². The van der Waals surface area contributed by atoms with Crippen LogP contribution in [-0.2, 0) is 11.3 Å². The molecule has 0 aliphatic carbocycles. The van der Waals surface area contributed by atoms with Gasteiger partial charge >= 0.3 is 0 Å². The van der Waals surface area contributed by atoms with Crippen LogP contribution in [0.4, 0.5) is 5.82 Å². The van der Waals surface area contributed by atoms with E-state index in [9.17, 15) is 4.79 Å². The van der Waals surface area contributed by atoms with Crippen LogP contribution in [0.3, 0.4) is 0 Å². The first-order valence-electron chi connectivity index (χ1n) is 14.0. The number of nitrogens with two attached hydrogens (primary N) is 1. The van der Waals surface area contributed by atoms with E-state index in [2.05, 4.69) is 57.4 Å². The second-order valence-electron chi connectivity index (χ2n) is 10.8. The number of rotatable bonds is 6. The molecule has 0 radical (unpaired) electrons. The van der Waals surface area contributed by atoms with Crippen molar-refractivity contribution in [2.75, 3.05) is 18.8 Å². The van der Waals surface area contributed by atoms with Crippen molar-refractivity contribution in [2.45, 2.75) is 31.5 Å². The third-order valence-electron chi connectivity index (χ3n) is 8.24. The summed E-state index contributed by atoms with van der Waals surface area (Å²) in [4.78, 5) is 31.2. The standard InChI is InChI=1S/C33H31N7O/c1-2-30(41)39-25-14-15-26(39)21-38(20-25)19-22-10-12-24(13-11-22)40-32(27-9-6-18-35-31(27)34)37-29-17-16-28(36-33(29)40)23-7-4-3-5-8-23/h2-13,16-18,25-26H,1,14-15,19-21H2,(H2,34,35). The first-order valence-corrected chi connectivity index (χ1v) is 14.0. The number of nitrogen functional groups attached to an aromatic ring is 1. The van der Waals surface area contributed by atoms with Gasteiger partial charge < -0.3 is 10.6 Å². The van der Waals surface area contributed by atoms with Gasteiger partial charge in [0.2, 0.25) is 5.91 Å². The Morgan fingerprint density at radius 1 is 0.927 bits per heavy atom. The van der Waals surface area contributed by atoms with E-state index in [1.165, 1.54) is 11.6 Å². The van der Waals surface area contributed by atoms with Crippen LogP contribution in [0.2, 0.25) is 0 Å². The molecule has 2 aliphatic heterocycles. The molecule has 2 aliphatic rings. The molecular weight excluding hydrogens is 510 g/mol. The van der Waals surface area contributed by atoms with Gasteiger partial charge in [-0.05, 0) is 60.9 Å². The fourth-order valence-electron chi connectivity index (χ4n) is 6.35. The zero-order valence-electron chi connectivity index (χ0n) is 22.7. The Kier molecular flexibility index (Phi) is 6.32. The minimum Gasteiger partial charge on any atom is -0.383 e. The van der Waals surface area contributed by atoms with Gasteiger partial charge in [0, 0.05) is 49.2 Å². The summed E-state index contributed by atoms with van der Waals surface area (Å²) in [6.07, 6.45) is 5.26. The summed E-state index contributed by atoms with van der Waals surface area (Å²) >= 11 is 0. The fraction of sp³-hybridized carbons (Fsp3) is 0.212. The van der Waals surface area contributed by atoms with Crippen molar-refractivity contribution in [3.63, 3.8) is 0 Å². The third-order valence-corrected chi connectivity index (χ3v) is 8.24. The SMILES string of the molecule is C=CC(=O)N1C2CCC1CN(Cc1ccc(-n3c(-c4cccnc4N)nc4ccc(-c5ccccc5)nc43)cc1)C2. The Labute approximate surface area is 238 Å². The number of carbonyl (C=O) groups excluding carboxylic acids is 1. The van der Waals surface area contributed by atoms with Crippen molar-refractivity contribution in [3.8, 4) is 28.3 Å². The second kappa shape index (κ2) is 10.3. The lowest BCUT2D eigenvalue weighted by molar-refractivity contribution is -0.131. The summed E-state index contributed by atoms with van der Waals surface area (Å²) in [6.45, 7) is 6.31. The van der Waals surface area contributed by atoms with E-state index in [0.717, 1.165) is 66.1 Å². The van der Waals surface area contributed by atoms with Crippen LogP contribution in [0.5, 0.6) is 0 Å². The molecule has 0 saturated carbocycles. The Morgan fingerprint density at radius 2 is 1.68 bits per heavy atom. The maximum Gasteiger partial charge on any atom is 0.246 e. The van der Waals surface area contributed by atoms with Gasteiger partial charge in [-0.2, -0.15) is 0 Å². The van der Waals surface area contributed by atoms with Crippen molar-refractivity contribution >= 4 is 22.9 Å². The average Bonchev–Trinajstić information content (AvgIpc) is 3.52. The highest BCUT2D eigenvalue weighted by Gasteiger charge is 2.41. The number of aromatic nitrogens is 4. The molecule has 3 aromatic heterocycles. The van der Waals surface area contributed by atoms with Crippen LogP contribution in [0, 0.1) is 0 Å². The summed E-state index contributed by atoms with van der Waals surface area (Å²) in [7, 11) is 0. The van der Waals surface area contributed by atoms with Crippen LogP contribution < -0.4 is 5.73 Å². The summed E-state index contributed by atoms with van der Waals surface area (Å²) in [6, 6.07) is 27.1. The third kappa shape index (κ3) is 4.56.